The fourth-order valence-electron chi connectivity index (χ4n) is 2.78. The van der Waals surface area contributed by atoms with E-state index in [0.29, 0.717) is 5.92 Å². The fourth-order valence-corrected chi connectivity index (χ4v) is 2.78. The largest absolute Gasteiger partial charge is 0.444 e. The van der Waals surface area contributed by atoms with Crippen LogP contribution >= 0.6 is 0 Å². The van der Waals surface area contributed by atoms with Gasteiger partial charge in [-0.25, -0.2) is 4.79 Å². The van der Waals surface area contributed by atoms with E-state index in [-0.39, 0.29) is 18.2 Å². The minimum atomic E-state index is -0.419. The van der Waals surface area contributed by atoms with E-state index in [1.54, 1.807) is 0 Å². The second-order valence-corrected chi connectivity index (χ2v) is 6.04. The van der Waals surface area contributed by atoms with Crippen molar-refractivity contribution < 1.29 is 9.53 Å². The van der Waals surface area contributed by atoms with Crippen molar-refractivity contribution in [3.05, 3.63) is 0 Å². The number of nitrogens with zero attached hydrogens (tertiary/aromatic N) is 1. The summed E-state index contributed by atoms with van der Waals surface area (Å²) >= 11 is 0. The summed E-state index contributed by atoms with van der Waals surface area (Å²) in [5.74, 6) is 0.576. The molecule has 0 aromatic carbocycles. The predicted molar refractivity (Wildman–Crippen MR) is 62.0 cm³/mol. The Morgan fingerprint density at radius 1 is 1.38 bits per heavy atom. The van der Waals surface area contributed by atoms with Crippen molar-refractivity contribution in [1.29, 1.82) is 0 Å². The van der Waals surface area contributed by atoms with Crippen molar-refractivity contribution in [2.24, 2.45) is 11.7 Å². The molecule has 0 aromatic rings. The number of nitrogens with two attached hydrogens (primary N) is 1. The van der Waals surface area contributed by atoms with Gasteiger partial charge in [0.05, 0.1) is 6.04 Å². The van der Waals surface area contributed by atoms with Crippen LogP contribution in [0.5, 0.6) is 0 Å². The van der Waals surface area contributed by atoms with E-state index in [1.165, 1.54) is 6.42 Å². The summed E-state index contributed by atoms with van der Waals surface area (Å²) < 4.78 is 5.41. The van der Waals surface area contributed by atoms with Gasteiger partial charge in [-0.15, -0.1) is 0 Å². The van der Waals surface area contributed by atoms with Gasteiger partial charge in [0.1, 0.15) is 5.60 Å². The summed E-state index contributed by atoms with van der Waals surface area (Å²) in [6.07, 6.45) is 3.10. The molecule has 2 bridgehead atoms. The van der Waals surface area contributed by atoms with E-state index in [2.05, 4.69) is 0 Å². The van der Waals surface area contributed by atoms with E-state index in [0.717, 1.165) is 19.4 Å². The Labute approximate surface area is 97.1 Å². The second kappa shape index (κ2) is 3.91. The van der Waals surface area contributed by atoms with Gasteiger partial charge in [0.2, 0.25) is 0 Å². The molecule has 16 heavy (non-hydrogen) atoms. The molecule has 2 heterocycles. The van der Waals surface area contributed by atoms with Crippen LogP contribution in [0, 0.1) is 5.92 Å². The zero-order chi connectivity index (χ0) is 11.9. The summed E-state index contributed by atoms with van der Waals surface area (Å²) in [6.45, 7) is 6.51. The topological polar surface area (TPSA) is 55.6 Å². The van der Waals surface area contributed by atoms with Gasteiger partial charge in [-0.05, 0) is 46.0 Å². The van der Waals surface area contributed by atoms with Crippen molar-refractivity contribution >= 4 is 6.09 Å². The number of amides is 1. The van der Waals surface area contributed by atoms with E-state index >= 15 is 0 Å². The van der Waals surface area contributed by atoms with Crippen LogP contribution < -0.4 is 5.73 Å². The van der Waals surface area contributed by atoms with Crippen LogP contribution in [-0.4, -0.2) is 35.2 Å². The van der Waals surface area contributed by atoms with Gasteiger partial charge in [-0.1, -0.05) is 0 Å². The Morgan fingerprint density at radius 2 is 2.06 bits per heavy atom. The first-order chi connectivity index (χ1) is 7.37. The summed E-state index contributed by atoms with van der Waals surface area (Å²) in [5.41, 5.74) is 5.64. The standard InChI is InChI=1S/C12H22N2O2/c1-12(2,3)16-11(15)14-7-8-4-5-10(14)9(13)6-8/h8-10H,4-7,13H2,1-3H3. The van der Waals surface area contributed by atoms with Crippen LogP contribution in [0.4, 0.5) is 4.79 Å². The third kappa shape index (κ3) is 2.32. The van der Waals surface area contributed by atoms with Gasteiger partial charge in [0.25, 0.3) is 0 Å². The lowest BCUT2D eigenvalue weighted by atomic mass is 9.77. The average Bonchev–Trinajstić information content (AvgIpc) is 2.15. The second-order valence-electron chi connectivity index (χ2n) is 6.04. The molecule has 3 rings (SSSR count). The molecule has 3 unspecified atom stereocenters. The van der Waals surface area contributed by atoms with Crippen LogP contribution in [0.2, 0.25) is 0 Å². The summed E-state index contributed by atoms with van der Waals surface area (Å²) in [5, 5.41) is 0. The lowest BCUT2D eigenvalue weighted by Gasteiger charge is -2.48. The maximum absolute atomic E-state index is 12.0. The Kier molecular flexibility index (Phi) is 2.86. The van der Waals surface area contributed by atoms with Gasteiger partial charge >= 0.3 is 6.09 Å². The van der Waals surface area contributed by atoms with Crippen molar-refractivity contribution in [2.75, 3.05) is 6.54 Å². The number of carbonyl (C=O) groups excluding carboxylic acids is 1. The lowest BCUT2D eigenvalue weighted by molar-refractivity contribution is -0.0181. The van der Waals surface area contributed by atoms with Gasteiger partial charge in [-0.2, -0.15) is 0 Å². The number of hydrogen-bond donors (Lipinski definition) is 1. The van der Waals surface area contributed by atoms with Gasteiger partial charge in [0.15, 0.2) is 0 Å². The van der Waals surface area contributed by atoms with Crippen molar-refractivity contribution in [1.82, 2.24) is 4.90 Å². The SMILES string of the molecule is CC(C)(C)OC(=O)N1CC2CCC1C(N)C2. The maximum atomic E-state index is 12.0. The minimum absolute atomic E-state index is 0.139. The number of carbonyl (C=O) groups is 1. The number of hydrogen-bond acceptors (Lipinski definition) is 3. The molecule has 1 aliphatic carbocycles. The molecular weight excluding hydrogens is 204 g/mol. The Bertz CT molecular complexity index is 285. The average molecular weight is 226 g/mol. The Balaban J connectivity index is 2.02. The molecule has 92 valence electrons. The smallest absolute Gasteiger partial charge is 0.410 e. The van der Waals surface area contributed by atoms with Crippen molar-refractivity contribution in [3.8, 4) is 0 Å². The first-order valence-corrected chi connectivity index (χ1v) is 6.12. The maximum Gasteiger partial charge on any atom is 0.410 e. The first kappa shape index (κ1) is 11.7. The highest BCUT2D eigenvalue weighted by atomic mass is 16.6. The van der Waals surface area contributed by atoms with E-state index in [1.807, 2.05) is 25.7 Å². The van der Waals surface area contributed by atoms with Crippen LogP contribution in [0.15, 0.2) is 0 Å². The molecule has 3 atom stereocenters. The molecular formula is C12H22N2O2. The van der Waals surface area contributed by atoms with Crippen molar-refractivity contribution in [3.63, 3.8) is 0 Å². The molecule has 1 saturated carbocycles. The van der Waals surface area contributed by atoms with Gasteiger partial charge in [-0.3, -0.25) is 0 Å². The van der Waals surface area contributed by atoms with Crippen molar-refractivity contribution in [2.45, 2.75) is 57.7 Å². The number of piperidine rings is 2. The summed E-state index contributed by atoms with van der Waals surface area (Å²) in [4.78, 5) is 13.8. The minimum Gasteiger partial charge on any atom is -0.444 e. The molecule has 0 aromatic heterocycles. The zero-order valence-corrected chi connectivity index (χ0v) is 10.4. The Hall–Kier alpha value is -0.770. The predicted octanol–water partition coefficient (Wildman–Crippen LogP) is 1.73. The van der Waals surface area contributed by atoms with E-state index < -0.39 is 5.60 Å². The quantitative estimate of drug-likeness (QED) is 0.684. The number of fused-ring (bicyclic) bond motifs is 3. The molecule has 2 aliphatic heterocycles. The molecule has 3 fully saturated rings. The molecule has 0 spiro atoms. The molecule has 2 saturated heterocycles. The van der Waals surface area contributed by atoms with Crippen LogP contribution in [-0.2, 0) is 4.74 Å². The van der Waals surface area contributed by atoms with Gasteiger partial charge < -0.3 is 15.4 Å². The molecule has 1 amide bonds. The normalized spacial score (nSPS) is 34.0. The molecule has 4 nitrogen and oxygen atoms in total. The van der Waals surface area contributed by atoms with Gasteiger partial charge in [0, 0.05) is 12.6 Å². The molecule has 0 radical (unpaired) electrons. The van der Waals surface area contributed by atoms with Crippen LogP contribution in [0.3, 0.4) is 0 Å². The molecule has 2 N–H and O–H groups in total. The third-order valence-electron chi connectivity index (χ3n) is 3.45. The van der Waals surface area contributed by atoms with E-state index in [4.69, 9.17) is 10.5 Å². The Morgan fingerprint density at radius 3 is 2.56 bits per heavy atom. The molecule has 3 aliphatic rings. The zero-order valence-electron chi connectivity index (χ0n) is 10.4. The number of rotatable bonds is 0. The lowest BCUT2D eigenvalue weighted by Crippen LogP contribution is -2.61. The van der Waals surface area contributed by atoms with E-state index in [9.17, 15) is 4.79 Å². The highest BCUT2D eigenvalue weighted by molar-refractivity contribution is 5.69. The monoisotopic (exact) mass is 226 g/mol. The third-order valence-corrected chi connectivity index (χ3v) is 3.45. The number of ether oxygens (including phenoxy) is 1. The highest BCUT2D eigenvalue weighted by Gasteiger charge is 2.42. The van der Waals surface area contributed by atoms with Crippen LogP contribution in [0.1, 0.15) is 40.0 Å². The summed E-state index contributed by atoms with van der Waals surface area (Å²) in [6, 6.07) is 0.333. The summed E-state index contributed by atoms with van der Waals surface area (Å²) in [7, 11) is 0. The molecule has 4 heteroatoms. The highest BCUT2D eigenvalue weighted by Crippen LogP contribution is 2.34. The first-order valence-electron chi connectivity index (χ1n) is 6.12. The van der Waals surface area contributed by atoms with Crippen LogP contribution in [0.25, 0.3) is 0 Å². The fraction of sp³-hybridized carbons (Fsp3) is 0.917.